The zero-order chi connectivity index (χ0) is 25.8. The van der Waals surface area contributed by atoms with Gasteiger partial charge >= 0.3 is 6.09 Å². The molecule has 9 nitrogen and oxygen atoms in total. The average molecular weight is 509 g/mol. The summed E-state index contributed by atoms with van der Waals surface area (Å²) in [5, 5.41) is 8.12. The number of hydrogen-bond donors (Lipinski definition) is 1. The maximum Gasteiger partial charge on any atom is 0.410 e. The van der Waals surface area contributed by atoms with Crippen molar-refractivity contribution in [1.29, 1.82) is 0 Å². The van der Waals surface area contributed by atoms with E-state index in [0.717, 1.165) is 70.7 Å². The number of anilines is 1. The molecule has 192 valence electrons. The van der Waals surface area contributed by atoms with Gasteiger partial charge in [0.2, 0.25) is 5.91 Å². The van der Waals surface area contributed by atoms with E-state index in [1.165, 1.54) is 0 Å². The average Bonchev–Trinajstić information content (AvgIpc) is 3.59. The molecule has 2 saturated heterocycles. The topological polar surface area (TPSA) is 102 Å². The molecule has 38 heavy (non-hydrogen) atoms. The molecule has 7 rings (SSSR count). The predicted molar refractivity (Wildman–Crippen MR) is 142 cm³/mol. The summed E-state index contributed by atoms with van der Waals surface area (Å²) in [6, 6.07) is 12.3. The molecule has 0 aliphatic carbocycles. The van der Waals surface area contributed by atoms with Gasteiger partial charge in [-0.25, -0.2) is 14.3 Å². The number of rotatable bonds is 4. The van der Waals surface area contributed by atoms with Crippen LogP contribution in [0.5, 0.6) is 0 Å². The molecule has 2 unspecified atom stereocenters. The first-order valence-electron chi connectivity index (χ1n) is 13.3. The van der Waals surface area contributed by atoms with Crippen LogP contribution in [0, 0.1) is 0 Å². The predicted octanol–water partition coefficient (Wildman–Crippen LogP) is 4.82. The lowest BCUT2D eigenvalue weighted by Crippen LogP contribution is -2.46. The Balaban J connectivity index is 1.36. The second-order valence-electron chi connectivity index (χ2n) is 10.3. The van der Waals surface area contributed by atoms with Gasteiger partial charge in [-0.2, -0.15) is 5.10 Å². The monoisotopic (exact) mass is 508 g/mol. The SMILES string of the molecule is CCOC(=O)N1C2CCC1CC(c1ccnc3c(-c4cccc5c4CC(=O)N5)c(-c4ccncc4)nn13)C2. The molecule has 2 bridgehead atoms. The van der Waals surface area contributed by atoms with E-state index >= 15 is 0 Å². The normalized spacial score (nSPS) is 22.0. The molecule has 3 aliphatic heterocycles. The number of carbonyl (C=O) groups is 2. The third-order valence-corrected chi connectivity index (χ3v) is 8.19. The fraction of sp³-hybridized carbons (Fsp3) is 0.345. The van der Waals surface area contributed by atoms with Gasteiger partial charge in [0.25, 0.3) is 0 Å². The molecule has 0 radical (unpaired) electrons. The van der Waals surface area contributed by atoms with Gasteiger partial charge < -0.3 is 15.0 Å². The van der Waals surface area contributed by atoms with Gasteiger partial charge in [0.15, 0.2) is 5.65 Å². The van der Waals surface area contributed by atoms with E-state index in [-0.39, 0.29) is 30.0 Å². The van der Waals surface area contributed by atoms with Gasteiger partial charge in [0.1, 0.15) is 5.69 Å². The maximum atomic E-state index is 12.6. The van der Waals surface area contributed by atoms with Crippen molar-refractivity contribution < 1.29 is 14.3 Å². The van der Waals surface area contributed by atoms with Crippen LogP contribution >= 0.6 is 0 Å². The van der Waals surface area contributed by atoms with Crippen molar-refractivity contribution in [3.63, 3.8) is 0 Å². The molecule has 1 N–H and O–H groups in total. The first kappa shape index (κ1) is 22.9. The highest BCUT2D eigenvalue weighted by atomic mass is 16.6. The standard InChI is InChI=1S/C29H28N6O3/c1-2-38-29(37)34-19-6-7-20(34)15-18(14-19)24-10-13-31-28-26(21-4-3-5-23-22(21)16-25(36)32-23)27(33-35(24)28)17-8-11-30-12-9-17/h3-5,8-13,18-20H,2,6-7,14-16H2,1H3,(H,32,36). The molecule has 3 aliphatic rings. The van der Waals surface area contributed by atoms with Gasteiger partial charge in [0, 0.05) is 53.5 Å². The number of nitrogens with one attached hydrogen (secondary N) is 1. The molecule has 2 amide bonds. The van der Waals surface area contributed by atoms with Crippen molar-refractivity contribution in [3.8, 4) is 22.4 Å². The Morgan fingerprint density at radius 2 is 1.87 bits per heavy atom. The molecule has 0 spiro atoms. The highest BCUT2D eigenvalue weighted by molar-refractivity contribution is 6.04. The zero-order valence-electron chi connectivity index (χ0n) is 21.1. The summed E-state index contributed by atoms with van der Waals surface area (Å²) in [6.07, 6.45) is 9.26. The molecule has 0 saturated carbocycles. The smallest absolute Gasteiger partial charge is 0.410 e. The number of carbonyl (C=O) groups excluding carboxylic acids is 2. The van der Waals surface area contributed by atoms with Crippen LogP contribution in [0.2, 0.25) is 0 Å². The molecular formula is C29H28N6O3. The summed E-state index contributed by atoms with van der Waals surface area (Å²) in [5.74, 6) is 0.235. The van der Waals surface area contributed by atoms with Gasteiger partial charge in [-0.15, -0.1) is 0 Å². The molecule has 6 heterocycles. The first-order valence-corrected chi connectivity index (χ1v) is 13.3. The maximum absolute atomic E-state index is 12.6. The summed E-state index contributed by atoms with van der Waals surface area (Å²) in [7, 11) is 0. The van der Waals surface area contributed by atoms with Crippen molar-refractivity contribution in [3.05, 3.63) is 66.2 Å². The molecular weight excluding hydrogens is 480 g/mol. The number of fused-ring (bicyclic) bond motifs is 4. The summed E-state index contributed by atoms with van der Waals surface area (Å²) in [4.78, 5) is 35.9. The molecule has 2 atom stereocenters. The number of hydrogen-bond acceptors (Lipinski definition) is 6. The van der Waals surface area contributed by atoms with Crippen molar-refractivity contribution in [2.75, 3.05) is 11.9 Å². The van der Waals surface area contributed by atoms with Crippen LogP contribution < -0.4 is 5.32 Å². The fourth-order valence-electron chi connectivity index (χ4n) is 6.63. The molecule has 3 aromatic heterocycles. The van der Waals surface area contributed by atoms with Crippen LogP contribution in [-0.4, -0.2) is 55.2 Å². The van der Waals surface area contributed by atoms with Crippen LogP contribution in [0.25, 0.3) is 28.0 Å². The molecule has 4 aromatic rings. The Hall–Kier alpha value is -4.27. The quantitative estimate of drug-likeness (QED) is 0.424. The van der Waals surface area contributed by atoms with Crippen molar-refractivity contribution in [1.82, 2.24) is 24.5 Å². The summed E-state index contributed by atoms with van der Waals surface area (Å²) in [5.41, 5.74) is 7.30. The molecule has 9 heteroatoms. The van der Waals surface area contributed by atoms with Crippen molar-refractivity contribution >= 4 is 23.3 Å². The Kier molecular flexibility index (Phi) is 5.38. The number of pyridine rings is 1. The van der Waals surface area contributed by atoms with Crippen LogP contribution in [-0.2, 0) is 16.0 Å². The van der Waals surface area contributed by atoms with E-state index < -0.39 is 0 Å². The minimum atomic E-state index is -0.194. The number of amides is 2. The highest BCUT2D eigenvalue weighted by Crippen LogP contribution is 2.45. The lowest BCUT2D eigenvalue weighted by atomic mass is 9.88. The number of piperidine rings is 1. The number of aromatic nitrogens is 4. The zero-order valence-corrected chi connectivity index (χ0v) is 21.1. The minimum absolute atomic E-state index is 0.00753. The van der Waals surface area contributed by atoms with Gasteiger partial charge in [-0.05, 0) is 68.0 Å². The van der Waals surface area contributed by atoms with Crippen LogP contribution in [0.1, 0.15) is 49.8 Å². The van der Waals surface area contributed by atoms with Crippen molar-refractivity contribution in [2.24, 2.45) is 0 Å². The Morgan fingerprint density at radius 1 is 1.08 bits per heavy atom. The summed E-state index contributed by atoms with van der Waals surface area (Å²) < 4.78 is 7.34. The first-order chi connectivity index (χ1) is 18.6. The molecule has 2 fully saturated rings. The highest BCUT2D eigenvalue weighted by Gasteiger charge is 2.45. The van der Waals surface area contributed by atoms with E-state index in [0.29, 0.717) is 13.0 Å². The second kappa shape index (κ2) is 8.93. The van der Waals surface area contributed by atoms with E-state index in [1.807, 2.05) is 52.9 Å². The van der Waals surface area contributed by atoms with E-state index in [9.17, 15) is 9.59 Å². The van der Waals surface area contributed by atoms with Gasteiger partial charge in [-0.3, -0.25) is 9.78 Å². The van der Waals surface area contributed by atoms with E-state index in [1.54, 1.807) is 12.4 Å². The van der Waals surface area contributed by atoms with E-state index in [2.05, 4.69) is 16.4 Å². The van der Waals surface area contributed by atoms with Crippen LogP contribution in [0.15, 0.2) is 55.0 Å². The lowest BCUT2D eigenvalue weighted by molar-refractivity contribution is -0.115. The summed E-state index contributed by atoms with van der Waals surface area (Å²) >= 11 is 0. The Labute approximate surface area is 219 Å². The van der Waals surface area contributed by atoms with Crippen molar-refractivity contribution in [2.45, 2.75) is 57.0 Å². The van der Waals surface area contributed by atoms with Gasteiger partial charge in [-0.1, -0.05) is 12.1 Å². The number of benzene rings is 1. The minimum Gasteiger partial charge on any atom is -0.450 e. The van der Waals surface area contributed by atoms with Gasteiger partial charge in [0.05, 0.1) is 18.6 Å². The number of nitrogens with zero attached hydrogens (tertiary/aromatic N) is 5. The largest absolute Gasteiger partial charge is 0.450 e. The lowest BCUT2D eigenvalue weighted by Gasteiger charge is -2.38. The van der Waals surface area contributed by atoms with E-state index in [4.69, 9.17) is 14.8 Å². The third kappa shape index (κ3) is 3.56. The fourth-order valence-corrected chi connectivity index (χ4v) is 6.63. The third-order valence-electron chi connectivity index (χ3n) is 8.19. The summed E-state index contributed by atoms with van der Waals surface area (Å²) in [6.45, 7) is 2.24. The Morgan fingerprint density at radius 3 is 2.63 bits per heavy atom. The van der Waals surface area contributed by atoms with Crippen LogP contribution in [0.3, 0.4) is 0 Å². The molecule has 1 aromatic carbocycles. The number of ether oxygens (including phenoxy) is 1. The second-order valence-corrected chi connectivity index (χ2v) is 10.3. The van der Waals surface area contributed by atoms with Crippen LogP contribution in [0.4, 0.5) is 10.5 Å². The Bertz CT molecular complexity index is 1550.